The van der Waals surface area contributed by atoms with E-state index in [1.807, 2.05) is 0 Å². The van der Waals surface area contributed by atoms with Crippen LogP contribution in [0.25, 0.3) is 0 Å². The van der Waals surface area contributed by atoms with Crippen LogP contribution >= 0.6 is 0 Å². The lowest BCUT2D eigenvalue weighted by molar-refractivity contribution is -0.146. The van der Waals surface area contributed by atoms with Gasteiger partial charge >= 0.3 is 0 Å². The third-order valence-corrected chi connectivity index (χ3v) is 5.81. The number of hydrogen-bond acceptors (Lipinski definition) is 5. The fourth-order valence-corrected chi connectivity index (χ4v) is 3.52. The molecule has 0 aliphatic carbocycles. The van der Waals surface area contributed by atoms with E-state index in [4.69, 9.17) is 11.5 Å². The molecule has 178 valence electrons. The fraction of sp³-hybridized carbons (Fsp3) is 0.375. The number of amides is 3. The highest BCUT2D eigenvalue weighted by Gasteiger charge is 2.33. The standard InChI is InChI=1S/C24H31FN4O4/c1-14-11-17(7-10-21(14)30)13-20(22(27)31)29(4)23(32)15(2)28(3)24(33)19(26)12-16-5-8-18(25)9-6-16/h5-11,15,19-20,30H,12-13,26H2,1-4H3,(H2,27,31)/t15-,19+,20+/m1/s1. The molecule has 8 nitrogen and oxygen atoms in total. The van der Waals surface area contributed by atoms with Crippen LogP contribution in [0.5, 0.6) is 5.75 Å². The SMILES string of the molecule is Cc1cc(C[C@@H](C(N)=O)N(C)C(=O)[C@@H](C)N(C)C(=O)[C@@H](N)Cc2ccc(F)cc2)ccc1O. The van der Waals surface area contributed by atoms with E-state index in [2.05, 4.69) is 0 Å². The summed E-state index contributed by atoms with van der Waals surface area (Å²) in [6.07, 6.45) is 0.345. The van der Waals surface area contributed by atoms with Gasteiger partial charge in [-0.1, -0.05) is 24.3 Å². The maximum Gasteiger partial charge on any atom is 0.245 e. The van der Waals surface area contributed by atoms with E-state index >= 15 is 0 Å². The smallest absolute Gasteiger partial charge is 0.245 e. The summed E-state index contributed by atoms with van der Waals surface area (Å²) in [6, 6.07) is 7.80. The fourth-order valence-electron chi connectivity index (χ4n) is 3.52. The molecule has 2 aromatic rings. The van der Waals surface area contributed by atoms with Gasteiger partial charge in [0.2, 0.25) is 17.7 Å². The molecule has 0 aliphatic heterocycles. The first-order valence-electron chi connectivity index (χ1n) is 10.5. The Morgan fingerprint density at radius 1 is 0.970 bits per heavy atom. The number of halogens is 1. The zero-order valence-corrected chi connectivity index (χ0v) is 19.3. The van der Waals surface area contributed by atoms with Crippen LogP contribution in [0, 0.1) is 12.7 Å². The molecule has 2 rings (SSSR count). The maximum atomic E-state index is 13.1. The Kier molecular flexibility index (Phi) is 8.53. The van der Waals surface area contributed by atoms with E-state index in [0.29, 0.717) is 11.1 Å². The topological polar surface area (TPSA) is 130 Å². The molecule has 0 heterocycles. The number of phenolic OH excluding ortho intramolecular Hbond substituents is 1. The molecule has 0 unspecified atom stereocenters. The molecule has 0 aliphatic rings. The summed E-state index contributed by atoms with van der Waals surface area (Å²) in [4.78, 5) is 40.4. The van der Waals surface area contributed by atoms with Crippen molar-refractivity contribution in [2.45, 2.75) is 44.8 Å². The molecule has 5 N–H and O–H groups in total. The number of rotatable bonds is 9. The lowest BCUT2D eigenvalue weighted by Gasteiger charge is -2.33. The Labute approximate surface area is 193 Å². The first-order chi connectivity index (χ1) is 15.4. The Balaban J connectivity index is 2.08. The summed E-state index contributed by atoms with van der Waals surface area (Å²) >= 11 is 0. The molecule has 0 fully saturated rings. The van der Waals surface area contributed by atoms with Crippen LogP contribution in [0.1, 0.15) is 23.6 Å². The number of aromatic hydroxyl groups is 1. The number of nitrogens with two attached hydrogens (primary N) is 2. The van der Waals surface area contributed by atoms with Crippen molar-refractivity contribution in [1.82, 2.24) is 9.80 Å². The van der Waals surface area contributed by atoms with Crippen molar-refractivity contribution in [2.24, 2.45) is 11.5 Å². The zero-order valence-electron chi connectivity index (χ0n) is 19.3. The van der Waals surface area contributed by atoms with Gasteiger partial charge < -0.3 is 26.4 Å². The largest absolute Gasteiger partial charge is 0.508 e. The van der Waals surface area contributed by atoms with Crippen LogP contribution in [-0.2, 0) is 27.2 Å². The van der Waals surface area contributed by atoms with E-state index < -0.39 is 35.8 Å². The summed E-state index contributed by atoms with van der Waals surface area (Å²) in [5.41, 5.74) is 13.7. The molecule has 9 heteroatoms. The molecule has 33 heavy (non-hydrogen) atoms. The minimum atomic E-state index is -0.944. The van der Waals surface area contributed by atoms with E-state index in [1.165, 1.54) is 42.1 Å². The quantitative estimate of drug-likeness (QED) is 0.518. The number of primary amides is 1. The van der Waals surface area contributed by atoms with Crippen LogP contribution in [0.15, 0.2) is 42.5 Å². The van der Waals surface area contributed by atoms with Crippen molar-refractivity contribution in [3.8, 4) is 5.75 Å². The molecule has 2 aromatic carbocycles. The van der Waals surface area contributed by atoms with Crippen LogP contribution in [0.4, 0.5) is 4.39 Å². The second-order valence-corrected chi connectivity index (χ2v) is 8.25. The summed E-state index contributed by atoms with van der Waals surface area (Å²) < 4.78 is 13.1. The van der Waals surface area contributed by atoms with Gasteiger partial charge in [0.1, 0.15) is 23.7 Å². The van der Waals surface area contributed by atoms with E-state index in [9.17, 15) is 23.9 Å². The highest BCUT2D eigenvalue weighted by atomic mass is 19.1. The average molecular weight is 459 g/mol. The maximum absolute atomic E-state index is 13.1. The third-order valence-electron chi connectivity index (χ3n) is 5.81. The number of aryl methyl sites for hydroxylation is 1. The minimum absolute atomic E-state index is 0.129. The van der Waals surface area contributed by atoms with E-state index in [0.717, 1.165) is 5.56 Å². The van der Waals surface area contributed by atoms with Gasteiger partial charge in [-0.3, -0.25) is 14.4 Å². The predicted molar refractivity (Wildman–Crippen MR) is 123 cm³/mol. The van der Waals surface area contributed by atoms with Crippen LogP contribution in [-0.4, -0.2) is 64.8 Å². The predicted octanol–water partition coefficient (Wildman–Crippen LogP) is 1.11. The van der Waals surface area contributed by atoms with Gasteiger partial charge in [-0.15, -0.1) is 0 Å². The third kappa shape index (κ3) is 6.52. The van der Waals surface area contributed by atoms with Gasteiger partial charge in [-0.25, -0.2) is 4.39 Å². The van der Waals surface area contributed by atoms with Crippen LogP contribution < -0.4 is 11.5 Å². The Morgan fingerprint density at radius 3 is 2.09 bits per heavy atom. The van der Waals surface area contributed by atoms with Crippen molar-refractivity contribution >= 4 is 17.7 Å². The first kappa shape index (κ1) is 25.8. The molecule has 3 atom stereocenters. The van der Waals surface area contributed by atoms with Gasteiger partial charge in [0.05, 0.1) is 6.04 Å². The lowest BCUT2D eigenvalue weighted by Crippen LogP contribution is -2.55. The van der Waals surface area contributed by atoms with Gasteiger partial charge in [-0.2, -0.15) is 0 Å². The number of likely N-dealkylation sites (N-methyl/N-ethyl adjacent to an activating group) is 2. The molecule has 0 radical (unpaired) electrons. The minimum Gasteiger partial charge on any atom is -0.508 e. The van der Waals surface area contributed by atoms with Gasteiger partial charge in [0.25, 0.3) is 0 Å². The zero-order chi connectivity index (χ0) is 24.9. The highest BCUT2D eigenvalue weighted by Crippen LogP contribution is 2.19. The summed E-state index contributed by atoms with van der Waals surface area (Å²) in [5, 5.41) is 9.70. The summed E-state index contributed by atoms with van der Waals surface area (Å²) in [7, 11) is 2.92. The van der Waals surface area contributed by atoms with Crippen molar-refractivity contribution < 1.29 is 23.9 Å². The van der Waals surface area contributed by atoms with Crippen LogP contribution in [0.2, 0.25) is 0 Å². The molecule has 0 aromatic heterocycles. The van der Waals surface area contributed by atoms with Crippen LogP contribution in [0.3, 0.4) is 0 Å². The molecular weight excluding hydrogens is 427 g/mol. The van der Waals surface area contributed by atoms with Crippen molar-refractivity contribution in [1.29, 1.82) is 0 Å². The number of benzene rings is 2. The van der Waals surface area contributed by atoms with E-state index in [-0.39, 0.29) is 24.4 Å². The van der Waals surface area contributed by atoms with Crippen molar-refractivity contribution in [3.05, 3.63) is 65.0 Å². The number of carbonyl (C=O) groups is 3. The number of nitrogens with zero attached hydrogens (tertiary/aromatic N) is 2. The molecule has 0 saturated heterocycles. The average Bonchev–Trinajstić information content (AvgIpc) is 2.78. The molecule has 0 spiro atoms. The number of hydrogen-bond donors (Lipinski definition) is 3. The lowest BCUT2D eigenvalue weighted by atomic mass is 10.0. The first-order valence-corrected chi connectivity index (χ1v) is 10.5. The molecule has 3 amide bonds. The summed E-state index contributed by atoms with van der Waals surface area (Å²) in [6.45, 7) is 3.27. The molecule has 0 saturated carbocycles. The molecular formula is C24H31FN4O4. The van der Waals surface area contributed by atoms with Gasteiger partial charge in [0.15, 0.2) is 0 Å². The monoisotopic (exact) mass is 458 g/mol. The second-order valence-electron chi connectivity index (χ2n) is 8.25. The highest BCUT2D eigenvalue weighted by molar-refractivity contribution is 5.92. The Bertz CT molecular complexity index is 1010. The Hall–Kier alpha value is -3.46. The summed E-state index contributed by atoms with van der Waals surface area (Å²) in [5.74, 6) is -1.88. The number of carbonyl (C=O) groups excluding carboxylic acids is 3. The van der Waals surface area contributed by atoms with Crippen molar-refractivity contribution in [2.75, 3.05) is 14.1 Å². The molecule has 0 bridgehead atoms. The van der Waals surface area contributed by atoms with Gasteiger partial charge in [0, 0.05) is 20.5 Å². The van der Waals surface area contributed by atoms with Crippen molar-refractivity contribution in [3.63, 3.8) is 0 Å². The Morgan fingerprint density at radius 2 is 1.55 bits per heavy atom. The van der Waals surface area contributed by atoms with E-state index in [1.54, 1.807) is 38.1 Å². The van der Waals surface area contributed by atoms with Gasteiger partial charge in [-0.05, 0) is 55.2 Å². The second kappa shape index (κ2) is 10.9. The normalized spacial score (nSPS) is 13.6. The number of phenols is 1.